The highest BCUT2D eigenvalue weighted by atomic mass is 15.2. The van der Waals surface area contributed by atoms with Gasteiger partial charge in [-0.2, -0.15) is 0 Å². The van der Waals surface area contributed by atoms with Crippen LogP contribution in [0.5, 0.6) is 0 Å². The molecule has 84 valence electrons. The predicted molar refractivity (Wildman–Crippen MR) is 62.2 cm³/mol. The molecule has 0 radical (unpaired) electrons. The molecule has 4 unspecified atom stereocenters. The molecule has 0 aromatic heterocycles. The van der Waals surface area contributed by atoms with Crippen LogP contribution in [0.1, 0.15) is 40.5 Å². The third-order valence-corrected chi connectivity index (χ3v) is 3.76. The molecule has 1 aliphatic carbocycles. The Hall–Kier alpha value is -0.0800. The van der Waals surface area contributed by atoms with Gasteiger partial charge >= 0.3 is 0 Å². The topological polar surface area (TPSA) is 29.3 Å². The highest BCUT2D eigenvalue weighted by molar-refractivity contribution is 4.92. The van der Waals surface area contributed by atoms with E-state index in [9.17, 15) is 0 Å². The maximum absolute atomic E-state index is 6.26. The zero-order valence-corrected chi connectivity index (χ0v) is 10.3. The van der Waals surface area contributed by atoms with E-state index in [-0.39, 0.29) is 0 Å². The largest absolute Gasteiger partial charge is 0.326 e. The molecule has 2 heteroatoms. The van der Waals surface area contributed by atoms with E-state index >= 15 is 0 Å². The molecule has 0 saturated heterocycles. The maximum atomic E-state index is 6.26. The van der Waals surface area contributed by atoms with Crippen LogP contribution in [0.3, 0.4) is 0 Å². The van der Waals surface area contributed by atoms with Crippen molar-refractivity contribution in [2.75, 3.05) is 7.05 Å². The molecule has 14 heavy (non-hydrogen) atoms. The first-order valence-corrected chi connectivity index (χ1v) is 5.91. The zero-order valence-electron chi connectivity index (χ0n) is 10.3. The molecule has 0 aliphatic heterocycles. The van der Waals surface area contributed by atoms with Gasteiger partial charge in [-0.1, -0.05) is 13.8 Å². The lowest BCUT2D eigenvalue weighted by Gasteiger charge is -2.44. The van der Waals surface area contributed by atoms with Gasteiger partial charge in [0.1, 0.15) is 0 Å². The van der Waals surface area contributed by atoms with Gasteiger partial charge in [0.25, 0.3) is 0 Å². The molecule has 2 N–H and O–H groups in total. The number of nitrogens with two attached hydrogens (primary N) is 1. The second-order valence-corrected chi connectivity index (χ2v) is 5.47. The average Bonchev–Trinajstić information content (AvgIpc) is 2.01. The molecule has 2 nitrogen and oxygen atoms in total. The maximum Gasteiger partial charge on any atom is 0.0272 e. The second kappa shape index (κ2) is 4.63. The Morgan fingerprint density at radius 1 is 1.21 bits per heavy atom. The normalized spacial score (nSPS) is 39.4. The summed E-state index contributed by atoms with van der Waals surface area (Å²) >= 11 is 0. The van der Waals surface area contributed by atoms with Crippen LogP contribution in [-0.2, 0) is 0 Å². The van der Waals surface area contributed by atoms with E-state index in [1.54, 1.807) is 0 Å². The van der Waals surface area contributed by atoms with Crippen LogP contribution in [0.4, 0.5) is 0 Å². The van der Waals surface area contributed by atoms with Crippen molar-refractivity contribution < 1.29 is 0 Å². The summed E-state index contributed by atoms with van der Waals surface area (Å²) in [6.07, 6.45) is 2.52. The molecule has 0 aromatic carbocycles. The van der Waals surface area contributed by atoms with Crippen LogP contribution in [0, 0.1) is 11.8 Å². The molecule has 0 aromatic rings. The van der Waals surface area contributed by atoms with Gasteiger partial charge in [0.15, 0.2) is 0 Å². The van der Waals surface area contributed by atoms with E-state index in [1.165, 1.54) is 12.8 Å². The van der Waals surface area contributed by atoms with Crippen molar-refractivity contribution in [1.29, 1.82) is 0 Å². The highest BCUT2D eigenvalue weighted by Crippen LogP contribution is 2.31. The molecule has 0 heterocycles. The summed E-state index contributed by atoms with van der Waals surface area (Å²) < 4.78 is 0. The monoisotopic (exact) mass is 198 g/mol. The van der Waals surface area contributed by atoms with Crippen molar-refractivity contribution in [2.45, 2.75) is 58.7 Å². The summed E-state index contributed by atoms with van der Waals surface area (Å²) in [5, 5.41) is 0. The summed E-state index contributed by atoms with van der Waals surface area (Å²) in [5.74, 6) is 1.54. The molecule has 0 spiro atoms. The van der Waals surface area contributed by atoms with E-state index in [0.29, 0.717) is 18.1 Å². The van der Waals surface area contributed by atoms with Crippen molar-refractivity contribution >= 4 is 0 Å². The van der Waals surface area contributed by atoms with Gasteiger partial charge in [-0.05, 0) is 45.6 Å². The first kappa shape index (κ1) is 12.0. The summed E-state index contributed by atoms with van der Waals surface area (Å²) in [5.41, 5.74) is 6.26. The van der Waals surface area contributed by atoms with Gasteiger partial charge in [0.2, 0.25) is 0 Å². The Morgan fingerprint density at radius 3 is 2.21 bits per heavy atom. The van der Waals surface area contributed by atoms with Gasteiger partial charge in [-0.3, -0.25) is 4.90 Å². The third-order valence-electron chi connectivity index (χ3n) is 3.76. The molecular formula is C12H26N2. The van der Waals surface area contributed by atoms with Gasteiger partial charge in [0.05, 0.1) is 0 Å². The number of rotatable bonds is 2. The third kappa shape index (κ3) is 2.48. The van der Waals surface area contributed by atoms with Crippen LogP contribution in [-0.4, -0.2) is 30.1 Å². The fourth-order valence-electron chi connectivity index (χ4n) is 2.94. The average molecular weight is 198 g/mol. The van der Waals surface area contributed by atoms with Gasteiger partial charge in [-0.25, -0.2) is 0 Å². The van der Waals surface area contributed by atoms with E-state index in [0.717, 1.165) is 11.8 Å². The summed E-state index contributed by atoms with van der Waals surface area (Å²) in [6.45, 7) is 9.16. The van der Waals surface area contributed by atoms with E-state index in [1.807, 2.05) is 0 Å². The van der Waals surface area contributed by atoms with Crippen LogP contribution in [0.25, 0.3) is 0 Å². The van der Waals surface area contributed by atoms with Crippen molar-refractivity contribution in [3.8, 4) is 0 Å². The Morgan fingerprint density at radius 2 is 1.79 bits per heavy atom. The zero-order chi connectivity index (χ0) is 10.9. The highest BCUT2D eigenvalue weighted by Gasteiger charge is 2.34. The Balaban J connectivity index is 2.66. The van der Waals surface area contributed by atoms with Crippen molar-refractivity contribution in [3.63, 3.8) is 0 Å². The first-order valence-electron chi connectivity index (χ1n) is 5.91. The number of hydrogen-bond acceptors (Lipinski definition) is 2. The smallest absolute Gasteiger partial charge is 0.0272 e. The van der Waals surface area contributed by atoms with Gasteiger partial charge < -0.3 is 5.73 Å². The molecule has 1 fully saturated rings. The number of nitrogens with zero attached hydrogens (tertiary/aromatic N) is 1. The van der Waals surface area contributed by atoms with E-state index in [4.69, 9.17) is 5.73 Å². The lowest BCUT2D eigenvalue weighted by molar-refractivity contribution is 0.0744. The lowest BCUT2D eigenvalue weighted by Crippen LogP contribution is -2.55. The van der Waals surface area contributed by atoms with Crippen LogP contribution < -0.4 is 5.73 Å². The summed E-state index contributed by atoms with van der Waals surface area (Å²) in [4.78, 5) is 2.45. The molecule has 0 bridgehead atoms. The quantitative estimate of drug-likeness (QED) is 0.736. The van der Waals surface area contributed by atoms with Crippen molar-refractivity contribution in [2.24, 2.45) is 17.6 Å². The van der Waals surface area contributed by atoms with Crippen LogP contribution in [0.15, 0.2) is 0 Å². The number of hydrogen-bond donors (Lipinski definition) is 1. The van der Waals surface area contributed by atoms with Crippen molar-refractivity contribution in [3.05, 3.63) is 0 Å². The Labute approximate surface area is 88.8 Å². The second-order valence-electron chi connectivity index (χ2n) is 5.47. The minimum Gasteiger partial charge on any atom is -0.326 e. The SMILES string of the molecule is CC1CC(C)C(N(C)C(C)C)C(N)C1. The minimum atomic E-state index is 0.362. The minimum absolute atomic E-state index is 0.362. The van der Waals surface area contributed by atoms with Gasteiger partial charge in [-0.15, -0.1) is 0 Å². The Kier molecular flexibility index (Phi) is 3.96. The fourth-order valence-corrected chi connectivity index (χ4v) is 2.94. The standard InChI is InChI=1S/C12H26N2/c1-8(2)14(5)12-10(4)6-9(3)7-11(12)13/h8-12H,6-7,13H2,1-5H3. The molecule has 0 amide bonds. The van der Waals surface area contributed by atoms with Crippen LogP contribution in [0.2, 0.25) is 0 Å². The summed E-state index contributed by atoms with van der Waals surface area (Å²) in [7, 11) is 2.21. The Bertz CT molecular complexity index is 167. The van der Waals surface area contributed by atoms with E-state index < -0.39 is 0 Å². The number of likely N-dealkylation sites (N-methyl/N-ethyl adjacent to an activating group) is 1. The molecule has 4 atom stereocenters. The molecule has 1 saturated carbocycles. The predicted octanol–water partition coefficient (Wildman–Crippen LogP) is 2.09. The first-order chi connectivity index (χ1) is 6.43. The van der Waals surface area contributed by atoms with Crippen LogP contribution >= 0.6 is 0 Å². The van der Waals surface area contributed by atoms with E-state index in [2.05, 4.69) is 39.6 Å². The lowest BCUT2D eigenvalue weighted by atomic mass is 9.76. The molecule has 1 rings (SSSR count). The molecular weight excluding hydrogens is 172 g/mol. The van der Waals surface area contributed by atoms with Crippen molar-refractivity contribution in [1.82, 2.24) is 4.90 Å². The van der Waals surface area contributed by atoms with Gasteiger partial charge in [0, 0.05) is 18.1 Å². The summed E-state index contributed by atoms with van der Waals surface area (Å²) in [6, 6.07) is 1.54. The fraction of sp³-hybridized carbons (Fsp3) is 1.00. The molecule has 1 aliphatic rings.